The Balaban J connectivity index is 1.97. The number of sulfonamides is 1. The maximum absolute atomic E-state index is 12.8. The predicted molar refractivity (Wildman–Crippen MR) is 87.0 cm³/mol. The van der Waals surface area contributed by atoms with Crippen LogP contribution in [0.25, 0.3) is 0 Å². The van der Waals surface area contributed by atoms with Crippen LogP contribution in [0.3, 0.4) is 0 Å². The molecule has 0 aliphatic heterocycles. The molecule has 2 rings (SSSR count). The molecular formula is C16H18FNO4S. The molecule has 2 aromatic rings. The summed E-state index contributed by atoms with van der Waals surface area (Å²) in [6, 6.07) is 10.6. The number of rotatable bonds is 7. The molecule has 5 nitrogen and oxygen atoms in total. The van der Waals surface area contributed by atoms with Crippen molar-refractivity contribution in [2.45, 2.75) is 6.92 Å². The monoisotopic (exact) mass is 339 g/mol. The van der Waals surface area contributed by atoms with Crippen molar-refractivity contribution in [3.63, 3.8) is 0 Å². The zero-order chi connectivity index (χ0) is 16.9. The van der Waals surface area contributed by atoms with Gasteiger partial charge in [-0.1, -0.05) is 6.07 Å². The van der Waals surface area contributed by atoms with Crippen LogP contribution in [0, 0.1) is 12.7 Å². The predicted octanol–water partition coefficient (Wildman–Crippen LogP) is 2.96. The highest BCUT2D eigenvalue weighted by Crippen LogP contribution is 2.26. The van der Waals surface area contributed by atoms with E-state index < -0.39 is 10.0 Å². The van der Waals surface area contributed by atoms with Gasteiger partial charge in [-0.15, -0.1) is 0 Å². The Morgan fingerprint density at radius 2 is 1.83 bits per heavy atom. The summed E-state index contributed by atoms with van der Waals surface area (Å²) < 4.78 is 49.9. The van der Waals surface area contributed by atoms with E-state index >= 15 is 0 Å². The molecular weight excluding hydrogens is 321 g/mol. The topological polar surface area (TPSA) is 64.6 Å². The molecule has 0 saturated carbocycles. The van der Waals surface area contributed by atoms with E-state index in [2.05, 4.69) is 4.72 Å². The molecule has 0 aromatic heterocycles. The van der Waals surface area contributed by atoms with Crippen molar-refractivity contribution < 1.29 is 22.3 Å². The van der Waals surface area contributed by atoms with Gasteiger partial charge in [0.25, 0.3) is 0 Å². The second kappa shape index (κ2) is 7.32. The normalized spacial score (nSPS) is 11.1. The molecule has 124 valence electrons. The number of anilines is 1. The molecule has 0 saturated heterocycles. The Hall–Kier alpha value is -2.28. The summed E-state index contributed by atoms with van der Waals surface area (Å²) >= 11 is 0. The zero-order valence-corrected chi connectivity index (χ0v) is 13.7. The lowest BCUT2D eigenvalue weighted by atomic mass is 10.2. The minimum Gasteiger partial charge on any atom is -0.495 e. The molecule has 0 spiro atoms. The molecule has 23 heavy (non-hydrogen) atoms. The summed E-state index contributed by atoms with van der Waals surface area (Å²) in [4.78, 5) is 0. The second-order valence-corrected chi connectivity index (χ2v) is 6.77. The van der Waals surface area contributed by atoms with Gasteiger partial charge in [0.2, 0.25) is 10.0 Å². The Bertz CT molecular complexity index is 760. The van der Waals surface area contributed by atoms with Crippen LogP contribution in [0.15, 0.2) is 42.5 Å². The van der Waals surface area contributed by atoms with Gasteiger partial charge in [-0.2, -0.15) is 0 Å². The molecule has 7 heteroatoms. The summed E-state index contributed by atoms with van der Waals surface area (Å²) in [5.74, 6) is 0.244. The van der Waals surface area contributed by atoms with Crippen molar-refractivity contribution in [1.29, 1.82) is 0 Å². The molecule has 0 heterocycles. The van der Waals surface area contributed by atoms with Gasteiger partial charge in [0, 0.05) is 0 Å². The minimum atomic E-state index is -3.59. The Morgan fingerprint density at radius 1 is 1.13 bits per heavy atom. The number of ether oxygens (including phenoxy) is 2. The van der Waals surface area contributed by atoms with Crippen LogP contribution in [0.2, 0.25) is 0 Å². The quantitative estimate of drug-likeness (QED) is 0.842. The maximum atomic E-state index is 12.8. The van der Waals surface area contributed by atoms with E-state index in [1.54, 1.807) is 12.1 Å². The lowest BCUT2D eigenvalue weighted by Crippen LogP contribution is -2.21. The first-order valence-corrected chi connectivity index (χ1v) is 8.58. The number of hydrogen-bond acceptors (Lipinski definition) is 4. The van der Waals surface area contributed by atoms with Crippen LogP contribution in [0.1, 0.15) is 5.56 Å². The largest absolute Gasteiger partial charge is 0.495 e. The van der Waals surface area contributed by atoms with E-state index in [-0.39, 0.29) is 18.2 Å². The minimum absolute atomic E-state index is 0.0465. The third-order valence-electron chi connectivity index (χ3n) is 3.05. The molecule has 0 fully saturated rings. The van der Waals surface area contributed by atoms with E-state index in [1.165, 1.54) is 31.4 Å². The fourth-order valence-corrected chi connectivity index (χ4v) is 2.82. The van der Waals surface area contributed by atoms with Gasteiger partial charge in [0.05, 0.1) is 12.8 Å². The zero-order valence-electron chi connectivity index (χ0n) is 12.9. The van der Waals surface area contributed by atoms with Gasteiger partial charge in [-0.3, -0.25) is 4.72 Å². The van der Waals surface area contributed by atoms with Crippen molar-refractivity contribution in [2.75, 3.05) is 24.2 Å². The van der Waals surface area contributed by atoms with Crippen LogP contribution >= 0.6 is 0 Å². The summed E-state index contributed by atoms with van der Waals surface area (Å²) in [6.45, 7) is 1.81. The number of hydrogen-bond donors (Lipinski definition) is 1. The van der Waals surface area contributed by atoms with Crippen molar-refractivity contribution in [3.8, 4) is 11.5 Å². The second-order valence-electron chi connectivity index (χ2n) is 4.93. The molecule has 0 amide bonds. The van der Waals surface area contributed by atoms with Crippen LogP contribution in [0.4, 0.5) is 10.1 Å². The Labute approximate surface area is 135 Å². The van der Waals surface area contributed by atoms with Gasteiger partial charge >= 0.3 is 0 Å². The van der Waals surface area contributed by atoms with E-state index in [0.29, 0.717) is 17.2 Å². The fraction of sp³-hybridized carbons (Fsp3) is 0.250. The average molecular weight is 339 g/mol. The third-order valence-corrected chi connectivity index (χ3v) is 4.29. The van der Waals surface area contributed by atoms with Crippen molar-refractivity contribution in [3.05, 3.63) is 53.8 Å². The van der Waals surface area contributed by atoms with Gasteiger partial charge in [0.15, 0.2) is 0 Å². The first kappa shape index (κ1) is 17.1. The van der Waals surface area contributed by atoms with Crippen molar-refractivity contribution >= 4 is 15.7 Å². The van der Waals surface area contributed by atoms with Crippen LogP contribution < -0.4 is 14.2 Å². The SMILES string of the molecule is COc1ccc(C)cc1NS(=O)(=O)CCOc1ccc(F)cc1. The number of halogens is 1. The maximum Gasteiger partial charge on any atom is 0.236 e. The van der Waals surface area contributed by atoms with Gasteiger partial charge < -0.3 is 9.47 Å². The molecule has 2 aromatic carbocycles. The average Bonchev–Trinajstić information content (AvgIpc) is 2.49. The van der Waals surface area contributed by atoms with Crippen LogP contribution in [0.5, 0.6) is 11.5 Å². The summed E-state index contributed by atoms with van der Waals surface area (Å²) in [7, 11) is -2.12. The molecule has 0 bridgehead atoms. The molecule has 0 unspecified atom stereocenters. The van der Waals surface area contributed by atoms with Crippen molar-refractivity contribution in [1.82, 2.24) is 0 Å². The lowest BCUT2D eigenvalue weighted by Gasteiger charge is -2.13. The molecule has 1 N–H and O–H groups in total. The Kier molecular flexibility index (Phi) is 5.44. The highest BCUT2D eigenvalue weighted by molar-refractivity contribution is 7.92. The summed E-state index contributed by atoms with van der Waals surface area (Å²) in [5.41, 5.74) is 1.29. The molecule has 0 aliphatic rings. The first-order valence-electron chi connectivity index (χ1n) is 6.93. The van der Waals surface area contributed by atoms with E-state index in [9.17, 15) is 12.8 Å². The lowest BCUT2D eigenvalue weighted by molar-refractivity contribution is 0.340. The van der Waals surface area contributed by atoms with E-state index in [1.807, 2.05) is 13.0 Å². The fourth-order valence-electron chi connectivity index (χ4n) is 1.92. The number of nitrogens with one attached hydrogen (secondary N) is 1. The molecule has 0 aliphatic carbocycles. The van der Waals surface area contributed by atoms with E-state index in [0.717, 1.165) is 5.56 Å². The smallest absolute Gasteiger partial charge is 0.236 e. The Morgan fingerprint density at radius 3 is 2.48 bits per heavy atom. The van der Waals surface area contributed by atoms with Crippen LogP contribution in [-0.2, 0) is 10.0 Å². The van der Waals surface area contributed by atoms with Gasteiger partial charge in [-0.05, 0) is 48.9 Å². The van der Waals surface area contributed by atoms with E-state index in [4.69, 9.17) is 9.47 Å². The first-order chi connectivity index (χ1) is 10.9. The standard InChI is InChI=1S/C16H18FNO4S/c1-12-3-8-16(21-2)15(11-12)18-23(19,20)10-9-22-14-6-4-13(17)5-7-14/h3-8,11,18H,9-10H2,1-2H3. The molecule has 0 radical (unpaired) electrons. The highest BCUT2D eigenvalue weighted by Gasteiger charge is 2.14. The number of benzene rings is 2. The van der Waals surface area contributed by atoms with Gasteiger partial charge in [-0.25, -0.2) is 12.8 Å². The number of methoxy groups -OCH3 is 1. The van der Waals surface area contributed by atoms with Crippen LogP contribution in [-0.4, -0.2) is 27.9 Å². The summed E-state index contributed by atoms with van der Waals surface area (Å²) in [5, 5.41) is 0. The number of aryl methyl sites for hydroxylation is 1. The van der Waals surface area contributed by atoms with Crippen molar-refractivity contribution in [2.24, 2.45) is 0 Å². The molecule has 0 atom stereocenters. The van der Waals surface area contributed by atoms with Gasteiger partial charge in [0.1, 0.15) is 29.7 Å². The third kappa shape index (κ3) is 5.14. The summed E-state index contributed by atoms with van der Waals surface area (Å²) in [6.07, 6.45) is 0. The highest BCUT2D eigenvalue weighted by atomic mass is 32.2.